The highest BCUT2D eigenvalue weighted by molar-refractivity contribution is 9.10. The summed E-state index contributed by atoms with van der Waals surface area (Å²) in [6.45, 7) is 1.93. The summed E-state index contributed by atoms with van der Waals surface area (Å²) in [5.74, 6) is 0. The third-order valence-electron chi connectivity index (χ3n) is 4.18. The maximum Gasteiger partial charge on any atom is 0.145 e. The van der Waals surface area contributed by atoms with Gasteiger partial charge in [0.2, 0.25) is 0 Å². The Morgan fingerprint density at radius 3 is 2.77 bits per heavy atom. The molecule has 0 unspecified atom stereocenters. The molecule has 26 heavy (non-hydrogen) atoms. The summed E-state index contributed by atoms with van der Waals surface area (Å²) in [6, 6.07) is 16.1. The fourth-order valence-corrected chi connectivity index (χ4v) is 4.27. The van der Waals surface area contributed by atoms with E-state index in [9.17, 15) is 0 Å². The van der Waals surface area contributed by atoms with E-state index >= 15 is 0 Å². The fourth-order valence-electron chi connectivity index (χ4n) is 2.92. The van der Waals surface area contributed by atoms with Crippen molar-refractivity contribution in [1.29, 1.82) is 0 Å². The molecule has 5 aromatic rings. The average Bonchev–Trinajstić information content (AvgIpc) is 3.27. The normalized spacial score (nSPS) is 11.5. The van der Waals surface area contributed by atoms with Crippen molar-refractivity contribution in [1.82, 2.24) is 25.0 Å². The molecule has 0 aliphatic rings. The van der Waals surface area contributed by atoms with Crippen LogP contribution in [0.4, 0.5) is 0 Å². The number of para-hydroxylation sites is 1. The second-order valence-electron chi connectivity index (χ2n) is 5.94. The van der Waals surface area contributed by atoms with Gasteiger partial charge in [0.05, 0.1) is 27.0 Å². The minimum absolute atomic E-state index is 0.771. The van der Waals surface area contributed by atoms with E-state index < -0.39 is 0 Å². The minimum atomic E-state index is 0.771. The molecule has 126 valence electrons. The Bertz CT molecular complexity index is 1240. The topological polar surface area (TPSA) is 56.5 Å². The zero-order chi connectivity index (χ0) is 17.7. The molecular weight excluding hydrogens is 410 g/mol. The van der Waals surface area contributed by atoms with Gasteiger partial charge in [0, 0.05) is 10.7 Å². The van der Waals surface area contributed by atoms with E-state index in [1.807, 2.05) is 60.3 Å². The van der Waals surface area contributed by atoms with E-state index in [1.54, 1.807) is 11.3 Å². The predicted molar refractivity (Wildman–Crippen MR) is 108 cm³/mol. The minimum Gasteiger partial charge on any atom is -0.240 e. The van der Waals surface area contributed by atoms with Crippen LogP contribution in [-0.2, 0) is 0 Å². The van der Waals surface area contributed by atoms with Crippen molar-refractivity contribution >= 4 is 48.4 Å². The van der Waals surface area contributed by atoms with Crippen LogP contribution in [0.25, 0.3) is 37.5 Å². The molecule has 0 N–H and O–H groups in total. The first-order chi connectivity index (χ1) is 12.7. The number of fused-ring (bicyclic) bond motifs is 2. The Morgan fingerprint density at radius 2 is 1.92 bits per heavy atom. The standard InChI is InChI=1S/C19H12BrN5S/c1-11-17-14(10-25(24-17)13-6-4-5-12(20)9-13)18(23-22-11)19-21-15-7-2-3-8-16(15)26-19/h2-10H,1H3. The van der Waals surface area contributed by atoms with Gasteiger partial charge < -0.3 is 0 Å². The molecule has 3 aromatic heterocycles. The number of benzene rings is 2. The molecule has 0 radical (unpaired) electrons. The Morgan fingerprint density at radius 1 is 1.04 bits per heavy atom. The molecule has 0 amide bonds. The van der Waals surface area contributed by atoms with Crippen LogP contribution in [0, 0.1) is 6.92 Å². The van der Waals surface area contributed by atoms with Crippen molar-refractivity contribution in [3.05, 3.63) is 64.9 Å². The Hall–Kier alpha value is -2.64. The highest BCUT2D eigenvalue weighted by Crippen LogP contribution is 2.33. The molecule has 2 aromatic carbocycles. The van der Waals surface area contributed by atoms with Crippen molar-refractivity contribution in [2.24, 2.45) is 0 Å². The van der Waals surface area contributed by atoms with E-state index in [2.05, 4.69) is 32.2 Å². The molecule has 3 heterocycles. The number of hydrogen-bond donors (Lipinski definition) is 0. The van der Waals surface area contributed by atoms with Gasteiger partial charge in [-0.05, 0) is 37.3 Å². The molecule has 0 saturated heterocycles. The Kier molecular flexibility index (Phi) is 3.58. The summed E-state index contributed by atoms with van der Waals surface area (Å²) in [7, 11) is 0. The molecule has 0 atom stereocenters. The first-order valence-corrected chi connectivity index (χ1v) is 9.64. The van der Waals surface area contributed by atoms with Crippen molar-refractivity contribution in [2.45, 2.75) is 6.92 Å². The van der Waals surface area contributed by atoms with E-state index in [0.717, 1.165) is 47.7 Å². The van der Waals surface area contributed by atoms with Crippen LogP contribution in [0.3, 0.4) is 0 Å². The molecule has 0 aliphatic carbocycles. The largest absolute Gasteiger partial charge is 0.240 e. The average molecular weight is 422 g/mol. The number of thiazole rings is 1. The quantitative estimate of drug-likeness (QED) is 0.394. The van der Waals surface area contributed by atoms with Crippen LogP contribution in [0.1, 0.15) is 5.69 Å². The van der Waals surface area contributed by atoms with Gasteiger partial charge in [-0.2, -0.15) is 10.2 Å². The monoisotopic (exact) mass is 421 g/mol. The highest BCUT2D eigenvalue weighted by Gasteiger charge is 2.17. The molecule has 7 heteroatoms. The van der Waals surface area contributed by atoms with Gasteiger partial charge >= 0.3 is 0 Å². The fraction of sp³-hybridized carbons (Fsp3) is 0.0526. The molecule has 0 fully saturated rings. The van der Waals surface area contributed by atoms with Crippen LogP contribution in [0.15, 0.2) is 59.2 Å². The van der Waals surface area contributed by atoms with Crippen molar-refractivity contribution in [3.63, 3.8) is 0 Å². The second kappa shape index (κ2) is 5.96. The zero-order valence-electron chi connectivity index (χ0n) is 13.7. The lowest BCUT2D eigenvalue weighted by atomic mass is 10.2. The van der Waals surface area contributed by atoms with Gasteiger partial charge in [-0.3, -0.25) is 0 Å². The second-order valence-corrected chi connectivity index (χ2v) is 7.88. The maximum absolute atomic E-state index is 4.73. The summed E-state index contributed by atoms with van der Waals surface area (Å²) in [6.07, 6.45) is 2.00. The smallest absolute Gasteiger partial charge is 0.145 e. The number of aromatic nitrogens is 5. The number of rotatable bonds is 2. The van der Waals surface area contributed by atoms with Crippen LogP contribution in [0.5, 0.6) is 0 Å². The first-order valence-electron chi connectivity index (χ1n) is 8.03. The van der Waals surface area contributed by atoms with Gasteiger partial charge in [0.15, 0.2) is 0 Å². The summed E-state index contributed by atoms with van der Waals surface area (Å²) in [5.41, 5.74) is 4.37. The number of aryl methyl sites for hydroxylation is 1. The third-order valence-corrected chi connectivity index (χ3v) is 5.72. The molecule has 5 rings (SSSR count). The van der Waals surface area contributed by atoms with E-state index in [-0.39, 0.29) is 0 Å². The maximum atomic E-state index is 4.73. The first kappa shape index (κ1) is 15.6. The van der Waals surface area contributed by atoms with Crippen molar-refractivity contribution in [2.75, 3.05) is 0 Å². The van der Waals surface area contributed by atoms with Crippen LogP contribution in [-0.4, -0.2) is 25.0 Å². The molecule has 0 aliphatic heterocycles. The van der Waals surface area contributed by atoms with Crippen LogP contribution < -0.4 is 0 Å². The van der Waals surface area contributed by atoms with Gasteiger partial charge in [-0.1, -0.05) is 34.1 Å². The van der Waals surface area contributed by atoms with Gasteiger partial charge in [-0.15, -0.1) is 16.4 Å². The summed E-state index contributed by atoms with van der Waals surface area (Å²) in [5, 5.41) is 15.3. The van der Waals surface area contributed by atoms with Gasteiger partial charge in [0.1, 0.15) is 16.2 Å². The van der Waals surface area contributed by atoms with Gasteiger partial charge in [-0.25, -0.2) is 9.67 Å². The van der Waals surface area contributed by atoms with Crippen LogP contribution in [0.2, 0.25) is 0 Å². The number of nitrogens with zero attached hydrogens (tertiary/aromatic N) is 5. The predicted octanol–water partition coefficient (Wildman–Crippen LogP) is 5.16. The number of hydrogen-bond acceptors (Lipinski definition) is 5. The molecule has 0 bridgehead atoms. The molecule has 0 spiro atoms. The third kappa shape index (κ3) is 2.51. The summed E-state index contributed by atoms with van der Waals surface area (Å²) >= 11 is 5.13. The lowest BCUT2D eigenvalue weighted by Crippen LogP contribution is -1.94. The Balaban J connectivity index is 1.74. The van der Waals surface area contributed by atoms with E-state index in [4.69, 9.17) is 10.1 Å². The van der Waals surface area contributed by atoms with Crippen molar-refractivity contribution < 1.29 is 0 Å². The SMILES string of the molecule is Cc1nnc(-c2nc3ccccc3s2)c2cn(-c3cccc(Br)c3)nc12. The van der Waals surface area contributed by atoms with Crippen LogP contribution >= 0.6 is 27.3 Å². The highest BCUT2D eigenvalue weighted by atomic mass is 79.9. The molecule has 5 nitrogen and oxygen atoms in total. The lowest BCUT2D eigenvalue weighted by molar-refractivity contribution is 0.890. The van der Waals surface area contributed by atoms with E-state index in [1.165, 1.54) is 0 Å². The summed E-state index contributed by atoms with van der Waals surface area (Å²) in [4.78, 5) is 4.73. The zero-order valence-corrected chi connectivity index (χ0v) is 16.1. The van der Waals surface area contributed by atoms with Crippen molar-refractivity contribution in [3.8, 4) is 16.4 Å². The van der Waals surface area contributed by atoms with E-state index in [0.29, 0.717) is 0 Å². The number of halogens is 1. The lowest BCUT2D eigenvalue weighted by Gasteiger charge is -2.00. The van der Waals surface area contributed by atoms with Gasteiger partial charge in [0.25, 0.3) is 0 Å². The molecule has 0 saturated carbocycles. The molecular formula is C19H12BrN5S. The Labute approximate surface area is 161 Å². The summed E-state index contributed by atoms with van der Waals surface area (Å²) < 4.78 is 4.01.